The largest absolute Gasteiger partial charge is 0.391 e. The first-order valence-corrected chi connectivity index (χ1v) is 5.23. The molecule has 1 aliphatic heterocycles. The molecule has 4 nitrogen and oxygen atoms in total. The van der Waals surface area contributed by atoms with E-state index in [0.717, 1.165) is 0 Å². The second-order valence-corrected chi connectivity index (χ2v) is 4.46. The van der Waals surface area contributed by atoms with Crippen LogP contribution in [0.4, 0.5) is 0 Å². The van der Waals surface area contributed by atoms with E-state index in [1.165, 1.54) is 0 Å². The quantitative estimate of drug-likeness (QED) is 0.671. The first-order valence-electron chi connectivity index (χ1n) is 5.23. The fourth-order valence-electron chi connectivity index (χ4n) is 1.79. The summed E-state index contributed by atoms with van der Waals surface area (Å²) in [6.45, 7) is 5.19. The summed E-state index contributed by atoms with van der Waals surface area (Å²) in [5, 5.41) is 9.28. The molecule has 4 heteroatoms. The lowest BCUT2D eigenvalue weighted by atomic mass is 10.0. The van der Waals surface area contributed by atoms with Gasteiger partial charge in [-0.25, -0.2) is 0 Å². The molecule has 0 bridgehead atoms. The summed E-state index contributed by atoms with van der Waals surface area (Å²) < 4.78 is 0. The van der Waals surface area contributed by atoms with Crippen molar-refractivity contribution in [3.05, 3.63) is 0 Å². The Morgan fingerprint density at radius 1 is 1.64 bits per heavy atom. The van der Waals surface area contributed by atoms with Gasteiger partial charge in [-0.3, -0.25) is 4.79 Å². The number of rotatable bonds is 3. The van der Waals surface area contributed by atoms with Gasteiger partial charge in [0.15, 0.2) is 0 Å². The zero-order valence-corrected chi connectivity index (χ0v) is 8.94. The first kappa shape index (κ1) is 11.5. The highest BCUT2D eigenvalue weighted by Gasteiger charge is 2.28. The van der Waals surface area contributed by atoms with Gasteiger partial charge in [-0.05, 0) is 18.8 Å². The standard InChI is InChI=1S/C10H20N2O2/c1-7(2)5-9(11)10(14)12-4-3-8(13)6-12/h7-9,13H,3-6,11H2,1-2H3/t8-,9?/m0/s1. The number of carbonyl (C=O) groups is 1. The number of aliphatic hydroxyl groups is 1. The predicted molar refractivity (Wildman–Crippen MR) is 54.6 cm³/mol. The van der Waals surface area contributed by atoms with Crippen LogP contribution in [0.1, 0.15) is 26.7 Å². The fraction of sp³-hybridized carbons (Fsp3) is 0.900. The molecule has 82 valence electrons. The molecule has 14 heavy (non-hydrogen) atoms. The van der Waals surface area contributed by atoms with Crippen molar-refractivity contribution in [3.63, 3.8) is 0 Å². The minimum atomic E-state index is -0.403. The van der Waals surface area contributed by atoms with Gasteiger partial charge in [0, 0.05) is 13.1 Å². The fourth-order valence-corrected chi connectivity index (χ4v) is 1.79. The highest BCUT2D eigenvalue weighted by Crippen LogP contribution is 2.12. The lowest BCUT2D eigenvalue weighted by Crippen LogP contribution is -2.43. The van der Waals surface area contributed by atoms with E-state index in [0.29, 0.717) is 31.8 Å². The summed E-state index contributed by atoms with van der Waals surface area (Å²) in [6.07, 6.45) is 1.04. The van der Waals surface area contributed by atoms with E-state index >= 15 is 0 Å². The maximum Gasteiger partial charge on any atom is 0.239 e. The average Bonchev–Trinajstić information content (AvgIpc) is 2.49. The minimum absolute atomic E-state index is 0.0183. The number of likely N-dealkylation sites (tertiary alicyclic amines) is 1. The number of aliphatic hydroxyl groups excluding tert-OH is 1. The van der Waals surface area contributed by atoms with Crippen molar-refractivity contribution >= 4 is 5.91 Å². The molecule has 0 aliphatic carbocycles. The second-order valence-electron chi connectivity index (χ2n) is 4.46. The normalized spacial score (nSPS) is 24.4. The number of carbonyl (C=O) groups excluding carboxylic acids is 1. The van der Waals surface area contributed by atoms with E-state index in [1.54, 1.807) is 4.90 Å². The molecule has 2 atom stereocenters. The molecule has 1 rings (SSSR count). The Morgan fingerprint density at radius 3 is 2.71 bits per heavy atom. The van der Waals surface area contributed by atoms with Crippen LogP contribution in [0.5, 0.6) is 0 Å². The number of nitrogens with two attached hydrogens (primary N) is 1. The summed E-state index contributed by atoms with van der Waals surface area (Å²) in [5.41, 5.74) is 5.77. The van der Waals surface area contributed by atoms with Crippen LogP contribution in [0, 0.1) is 5.92 Å². The van der Waals surface area contributed by atoms with E-state index in [1.807, 2.05) is 13.8 Å². The van der Waals surface area contributed by atoms with Gasteiger partial charge >= 0.3 is 0 Å². The smallest absolute Gasteiger partial charge is 0.239 e. The summed E-state index contributed by atoms with van der Waals surface area (Å²) in [4.78, 5) is 13.4. The lowest BCUT2D eigenvalue weighted by Gasteiger charge is -2.21. The molecule has 0 aromatic carbocycles. The Balaban J connectivity index is 2.40. The van der Waals surface area contributed by atoms with Gasteiger partial charge in [0.05, 0.1) is 12.1 Å². The van der Waals surface area contributed by atoms with Crippen LogP contribution in [0.3, 0.4) is 0 Å². The monoisotopic (exact) mass is 200 g/mol. The molecule has 0 aromatic heterocycles. The van der Waals surface area contributed by atoms with Gasteiger partial charge in [0.25, 0.3) is 0 Å². The third kappa shape index (κ3) is 2.96. The topological polar surface area (TPSA) is 66.6 Å². The van der Waals surface area contributed by atoms with Crippen molar-refractivity contribution < 1.29 is 9.90 Å². The van der Waals surface area contributed by atoms with Crippen LogP contribution in [0.2, 0.25) is 0 Å². The average molecular weight is 200 g/mol. The van der Waals surface area contributed by atoms with Crippen molar-refractivity contribution in [3.8, 4) is 0 Å². The molecule has 1 heterocycles. The maximum absolute atomic E-state index is 11.7. The highest BCUT2D eigenvalue weighted by atomic mass is 16.3. The Morgan fingerprint density at radius 2 is 2.29 bits per heavy atom. The molecular formula is C10H20N2O2. The van der Waals surface area contributed by atoms with Crippen LogP contribution in [0.15, 0.2) is 0 Å². The van der Waals surface area contributed by atoms with Gasteiger partial charge in [-0.2, -0.15) is 0 Å². The number of hydrogen-bond donors (Lipinski definition) is 2. The van der Waals surface area contributed by atoms with Crippen molar-refractivity contribution in [1.29, 1.82) is 0 Å². The van der Waals surface area contributed by atoms with Crippen LogP contribution >= 0.6 is 0 Å². The maximum atomic E-state index is 11.7. The molecule has 0 spiro atoms. The van der Waals surface area contributed by atoms with Gasteiger partial charge in [0.2, 0.25) is 5.91 Å². The van der Waals surface area contributed by atoms with E-state index in [-0.39, 0.29) is 12.0 Å². The molecule has 0 aromatic rings. The third-order valence-electron chi connectivity index (χ3n) is 2.52. The highest BCUT2D eigenvalue weighted by molar-refractivity contribution is 5.81. The zero-order valence-electron chi connectivity index (χ0n) is 8.94. The van der Waals surface area contributed by atoms with Gasteiger partial charge in [0.1, 0.15) is 0 Å². The van der Waals surface area contributed by atoms with E-state index in [2.05, 4.69) is 0 Å². The predicted octanol–water partition coefficient (Wildman–Crippen LogP) is -0.0470. The van der Waals surface area contributed by atoms with E-state index in [9.17, 15) is 9.90 Å². The van der Waals surface area contributed by atoms with Crippen molar-refractivity contribution in [1.82, 2.24) is 4.90 Å². The van der Waals surface area contributed by atoms with Gasteiger partial charge in [-0.1, -0.05) is 13.8 Å². The molecule has 1 unspecified atom stereocenters. The SMILES string of the molecule is CC(C)CC(N)C(=O)N1CC[C@H](O)C1. The number of amides is 1. The zero-order chi connectivity index (χ0) is 10.7. The molecule has 0 radical (unpaired) electrons. The summed E-state index contributed by atoms with van der Waals surface area (Å²) in [5.74, 6) is 0.414. The van der Waals surface area contributed by atoms with Crippen molar-refractivity contribution in [2.75, 3.05) is 13.1 Å². The summed E-state index contributed by atoms with van der Waals surface area (Å²) in [6, 6.07) is -0.403. The van der Waals surface area contributed by atoms with Crippen molar-refractivity contribution in [2.45, 2.75) is 38.8 Å². The van der Waals surface area contributed by atoms with Crippen LogP contribution < -0.4 is 5.73 Å². The van der Waals surface area contributed by atoms with Crippen LogP contribution in [-0.4, -0.2) is 41.1 Å². The van der Waals surface area contributed by atoms with Crippen LogP contribution in [0.25, 0.3) is 0 Å². The molecule has 1 saturated heterocycles. The number of hydrogen-bond acceptors (Lipinski definition) is 3. The summed E-state index contributed by atoms with van der Waals surface area (Å²) in [7, 11) is 0. The summed E-state index contributed by atoms with van der Waals surface area (Å²) >= 11 is 0. The molecule has 3 N–H and O–H groups in total. The molecule has 1 aliphatic rings. The third-order valence-corrected chi connectivity index (χ3v) is 2.52. The number of nitrogens with zero attached hydrogens (tertiary/aromatic N) is 1. The minimum Gasteiger partial charge on any atom is -0.391 e. The van der Waals surface area contributed by atoms with E-state index in [4.69, 9.17) is 5.73 Å². The molecule has 1 fully saturated rings. The Bertz CT molecular complexity index is 206. The van der Waals surface area contributed by atoms with Crippen LogP contribution in [-0.2, 0) is 4.79 Å². The Labute approximate surface area is 85.1 Å². The second kappa shape index (κ2) is 4.75. The van der Waals surface area contributed by atoms with Crippen molar-refractivity contribution in [2.24, 2.45) is 11.7 Å². The molecular weight excluding hydrogens is 180 g/mol. The molecule has 0 saturated carbocycles. The van der Waals surface area contributed by atoms with Gasteiger partial charge < -0.3 is 15.7 Å². The van der Waals surface area contributed by atoms with Gasteiger partial charge in [-0.15, -0.1) is 0 Å². The molecule has 1 amide bonds. The Hall–Kier alpha value is -0.610. The lowest BCUT2D eigenvalue weighted by molar-refractivity contribution is -0.132. The number of β-amino-alcohol motifs (C(OH)–C–C–N with tert-alkyl or cyclic N) is 1. The Kier molecular flexibility index (Phi) is 3.89. The van der Waals surface area contributed by atoms with E-state index < -0.39 is 6.04 Å². The first-order chi connectivity index (χ1) is 6.50.